The Labute approximate surface area is 164 Å². The summed E-state index contributed by atoms with van der Waals surface area (Å²) in [5.74, 6) is -2.54. The molecule has 1 fully saturated rings. The van der Waals surface area contributed by atoms with Gasteiger partial charge in [0.15, 0.2) is 0 Å². The third-order valence-electron chi connectivity index (χ3n) is 5.46. The van der Waals surface area contributed by atoms with E-state index in [1.165, 1.54) is 6.07 Å². The van der Waals surface area contributed by atoms with Crippen LogP contribution < -0.4 is 10.6 Å². The lowest BCUT2D eigenvalue weighted by Gasteiger charge is -2.33. The third kappa shape index (κ3) is 3.04. The number of piperidine rings is 1. The number of fused-ring (bicyclic) bond motifs is 2. The van der Waals surface area contributed by atoms with Gasteiger partial charge >= 0.3 is 0 Å². The van der Waals surface area contributed by atoms with Crippen LogP contribution in [-0.4, -0.2) is 34.0 Å². The van der Waals surface area contributed by atoms with E-state index in [0.717, 1.165) is 11.2 Å². The average molecular weight is 397 g/mol. The first-order chi connectivity index (χ1) is 13.9. The highest BCUT2D eigenvalue weighted by molar-refractivity contribution is 5.98. The van der Waals surface area contributed by atoms with Gasteiger partial charge in [0.05, 0.1) is 33.2 Å². The number of halogens is 3. The molecule has 1 aliphatic rings. The molecule has 2 aromatic carbocycles. The maximum absolute atomic E-state index is 14.3. The summed E-state index contributed by atoms with van der Waals surface area (Å²) in [5.41, 5.74) is 9.81. The highest BCUT2D eigenvalue weighted by Gasteiger charge is 2.34. The lowest BCUT2D eigenvalue weighted by molar-refractivity contribution is -0.0220. The summed E-state index contributed by atoms with van der Waals surface area (Å²) in [7, 11) is 0. The average Bonchev–Trinajstić information content (AvgIpc) is 3.11. The molecule has 148 valence electrons. The largest absolute Gasteiger partial charge is 0.397 e. The second-order valence-electron chi connectivity index (χ2n) is 7.35. The van der Waals surface area contributed by atoms with E-state index in [4.69, 9.17) is 5.73 Å². The van der Waals surface area contributed by atoms with Crippen molar-refractivity contribution >= 4 is 33.3 Å². The van der Waals surface area contributed by atoms with Crippen LogP contribution in [0.15, 0.2) is 42.6 Å². The predicted molar refractivity (Wildman–Crippen MR) is 108 cm³/mol. The van der Waals surface area contributed by atoms with E-state index < -0.39 is 11.7 Å². The monoisotopic (exact) mass is 397 g/mol. The Morgan fingerprint density at radius 2 is 1.86 bits per heavy atom. The molecule has 2 aromatic heterocycles. The highest BCUT2D eigenvalue weighted by Crippen LogP contribution is 2.34. The van der Waals surface area contributed by atoms with Gasteiger partial charge in [0.1, 0.15) is 11.6 Å². The molecule has 0 bridgehead atoms. The molecule has 5 nitrogen and oxygen atoms in total. The van der Waals surface area contributed by atoms with Gasteiger partial charge in [0.2, 0.25) is 0 Å². The Balaban J connectivity index is 1.53. The van der Waals surface area contributed by atoms with Gasteiger partial charge in [-0.2, -0.15) is 0 Å². The van der Waals surface area contributed by atoms with Crippen LogP contribution in [0, 0.1) is 5.82 Å². The summed E-state index contributed by atoms with van der Waals surface area (Å²) < 4.78 is 41.1. The van der Waals surface area contributed by atoms with Crippen molar-refractivity contribution in [2.24, 2.45) is 0 Å². The number of imidazole rings is 1. The Kier molecular flexibility index (Phi) is 3.90. The van der Waals surface area contributed by atoms with Gasteiger partial charge in [0, 0.05) is 37.8 Å². The van der Waals surface area contributed by atoms with Gasteiger partial charge in [-0.25, -0.2) is 18.2 Å². The van der Waals surface area contributed by atoms with E-state index in [9.17, 15) is 13.2 Å². The molecular formula is C21H18F3N5. The first-order valence-corrected chi connectivity index (χ1v) is 9.37. The molecule has 4 aromatic rings. The Morgan fingerprint density at radius 3 is 2.66 bits per heavy atom. The van der Waals surface area contributed by atoms with Gasteiger partial charge in [-0.15, -0.1) is 0 Å². The molecule has 5 rings (SSSR count). The summed E-state index contributed by atoms with van der Waals surface area (Å²) in [6.07, 6.45) is 1.27. The number of nitrogens with zero attached hydrogens (tertiary/aromatic N) is 3. The fraction of sp³-hybridized carbons (Fsp3) is 0.238. The lowest BCUT2D eigenvalue weighted by Crippen LogP contribution is -2.39. The topological polar surface area (TPSA) is 70.8 Å². The number of benzene rings is 2. The number of nitrogens with two attached hydrogens (primary N) is 1. The number of pyridine rings is 1. The summed E-state index contributed by atoms with van der Waals surface area (Å²) >= 11 is 0. The SMILES string of the molecule is Nc1c(-c2nc3ccc(N4CCC(F)(F)CC4)cc3[nH]2)cnc2cccc(F)c12. The van der Waals surface area contributed by atoms with E-state index in [-0.39, 0.29) is 23.9 Å². The first kappa shape index (κ1) is 17.8. The molecule has 0 aliphatic carbocycles. The summed E-state index contributed by atoms with van der Waals surface area (Å²) in [4.78, 5) is 14.0. The number of H-pyrrole nitrogens is 1. The zero-order valence-corrected chi connectivity index (χ0v) is 15.4. The Hall–Kier alpha value is -3.29. The van der Waals surface area contributed by atoms with Gasteiger partial charge < -0.3 is 15.6 Å². The number of hydrogen-bond acceptors (Lipinski definition) is 4. The van der Waals surface area contributed by atoms with Crippen molar-refractivity contribution < 1.29 is 13.2 Å². The molecule has 0 spiro atoms. The molecule has 0 radical (unpaired) electrons. The highest BCUT2D eigenvalue weighted by atomic mass is 19.3. The molecule has 8 heteroatoms. The molecule has 1 saturated heterocycles. The number of aromatic nitrogens is 3. The second kappa shape index (κ2) is 6.37. The molecule has 0 unspecified atom stereocenters. The van der Waals surface area contributed by atoms with Gasteiger partial charge in [-0.05, 0) is 30.3 Å². The quantitative estimate of drug-likeness (QED) is 0.513. The standard InChI is InChI=1S/C21H18F3N5/c22-14-2-1-3-16-18(14)19(25)13(11-26-16)20-27-15-5-4-12(10-17(15)28-20)29-8-6-21(23,24)7-9-29/h1-5,10-11H,6-9H2,(H2,25,26)(H,27,28). The number of nitrogens with one attached hydrogen (secondary N) is 1. The summed E-state index contributed by atoms with van der Waals surface area (Å²) in [6.45, 7) is 0.612. The van der Waals surface area contributed by atoms with Crippen LogP contribution in [-0.2, 0) is 0 Å². The van der Waals surface area contributed by atoms with Crippen LogP contribution in [0.25, 0.3) is 33.3 Å². The number of alkyl halides is 2. The molecule has 0 amide bonds. The Bertz CT molecular complexity index is 1220. The third-order valence-corrected chi connectivity index (χ3v) is 5.46. The minimum Gasteiger partial charge on any atom is -0.397 e. The first-order valence-electron chi connectivity index (χ1n) is 9.37. The Morgan fingerprint density at radius 1 is 1.07 bits per heavy atom. The van der Waals surface area contributed by atoms with Crippen LogP contribution in [0.1, 0.15) is 12.8 Å². The fourth-order valence-electron chi connectivity index (χ4n) is 3.83. The molecule has 0 saturated carbocycles. The van der Waals surface area contributed by atoms with Crippen molar-refractivity contribution in [2.45, 2.75) is 18.8 Å². The van der Waals surface area contributed by atoms with E-state index in [0.29, 0.717) is 35.5 Å². The van der Waals surface area contributed by atoms with Crippen LogP contribution in [0.5, 0.6) is 0 Å². The zero-order valence-electron chi connectivity index (χ0n) is 15.4. The molecule has 0 atom stereocenters. The number of nitrogen functional groups attached to an aromatic ring is 1. The molecule has 1 aliphatic heterocycles. The van der Waals surface area contributed by atoms with Gasteiger partial charge in [-0.1, -0.05) is 6.07 Å². The van der Waals surface area contributed by atoms with Crippen LogP contribution in [0.2, 0.25) is 0 Å². The van der Waals surface area contributed by atoms with Crippen LogP contribution >= 0.6 is 0 Å². The van der Waals surface area contributed by atoms with E-state index in [2.05, 4.69) is 15.0 Å². The number of anilines is 2. The van der Waals surface area contributed by atoms with Crippen molar-refractivity contribution in [2.75, 3.05) is 23.7 Å². The summed E-state index contributed by atoms with van der Waals surface area (Å²) in [5, 5.41) is 0.264. The number of rotatable bonds is 2. The molecular weight excluding hydrogens is 379 g/mol. The maximum atomic E-state index is 14.3. The van der Waals surface area contributed by atoms with Gasteiger partial charge in [-0.3, -0.25) is 4.98 Å². The van der Waals surface area contributed by atoms with E-state index >= 15 is 0 Å². The van der Waals surface area contributed by atoms with Crippen molar-refractivity contribution in [1.82, 2.24) is 15.0 Å². The normalized spacial score (nSPS) is 16.6. The van der Waals surface area contributed by atoms with Crippen LogP contribution in [0.4, 0.5) is 24.5 Å². The minimum absolute atomic E-state index is 0.149. The summed E-state index contributed by atoms with van der Waals surface area (Å²) in [6, 6.07) is 10.2. The predicted octanol–water partition coefficient (Wildman–Crippen LogP) is 4.73. The molecule has 3 N–H and O–H groups in total. The van der Waals surface area contributed by atoms with Crippen molar-refractivity contribution in [3.8, 4) is 11.4 Å². The lowest BCUT2D eigenvalue weighted by atomic mass is 10.1. The molecule has 29 heavy (non-hydrogen) atoms. The van der Waals surface area contributed by atoms with Crippen LogP contribution in [0.3, 0.4) is 0 Å². The minimum atomic E-state index is -2.59. The van der Waals surface area contributed by atoms with Crippen molar-refractivity contribution in [3.05, 3.63) is 48.4 Å². The molecule has 3 heterocycles. The second-order valence-corrected chi connectivity index (χ2v) is 7.35. The number of hydrogen-bond donors (Lipinski definition) is 2. The van der Waals surface area contributed by atoms with Gasteiger partial charge in [0.25, 0.3) is 5.92 Å². The van der Waals surface area contributed by atoms with Crippen molar-refractivity contribution in [3.63, 3.8) is 0 Å². The van der Waals surface area contributed by atoms with E-state index in [1.54, 1.807) is 18.3 Å². The number of aromatic amines is 1. The van der Waals surface area contributed by atoms with E-state index in [1.807, 2.05) is 23.1 Å². The zero-order chi connectivity index (χ0) is 20.2. The maximum Gasteiger partial charge on any atom is 0.251 e. The fourth-order valence-corrected chi connectivity index (χ4v) is 3.83. The van der Waals surface area contributed by atoms with Crippen molar-refractivity contribution in [1.29, 1.82) is 0 Å². The smallest absolute Gasteiger partial charge is 0.251 e.